The average molecular weight is 514 g/mol. The number of hydrogen-bond acceptors (Lipinski definition) is 3. The van der Waals surface area contributed by atoms with Crippen LogP contribution in [0.3, 0.4) is 0 Å². The van der Waals surface area contributed by atoms with E-state index >= 15 is 0 Å². The fourth-order valence-electron chi connectivity index (χ4n) is 2.80. The van der Waals surface area contributed by atoms with Gasteiger partial charge in [0.15, 0.2) is 11.5 Å². The van der Waals surface area contributed by atoms with E-state index in [9.17, 15) is 5.26 Å². The van der Waals surface area contributed by atoms with Crippen molar-refractivity contribution in [1.82, 2.24) is 0 Å². The fraction of sp³-hybridized carbons (Fsp3) is 0.0870. The van der Waals surface area contributed by atoms with Gasteiger partial charge in [-0.2, -0.15) is 5.26 Å². The molecule has 0 aliphatic heterocycles. The maximum absolute atomic E-state index is 9.62. The lowest BCUT2D eigenvalue weighted by atomic mass is 10.0. The molecule has 0 spiro atoms. The zero-order valence-corrected chi connectivity index (χ0v) is 19.8. The summed E-state index contributed by atoms with van der Waals surface area (Å²) in [7, 11) is 1.50. The molecule has 0 atom stereocenters. The molecule has 0 aliphatic rings. The minimum atomic E-state index is 0.172. The van der Waals surface area contributed by atoms with Crippen LogP contribution in [0, 0.1) is 11.3 Å². The van der Waals surface area contributed by atoms with Crippen molar-refractivity contribution >= 4 is 69.7 Å². The molecule has 0 unspecified atom stereocenters. The second-order valence-corrected chi connectivity index (χ2v) is 8.45. The maximum atomic E-state index is 9.62. The van der Waals surface area contributed by atoms with Crippen molar-refractivity contribution in [2.75, 3.05) is 7.11 Å². The van der Waals surface area contributed by atoms with Gasteiger partial charge in [-0.15, -0.1) is 0 Å². The average Bonchev–Trinajstić information content (AvgIpc) is 2.72. The highest BCUT2D eigenvalue weighted by atomic mass is 35.5. The van der Waals surface area contributed by atoms with Gasteiger partial charge >= 0.3 is 0 Å². The summed E-state index contributed by atoms with van der Waals surface area (Å²) in [4.78, 5) is 0. The minimum absolute atomic E-state index is 0.172. The van der Waals surface area contributed by atoms with E-state index in [0.29, 0.717) is 53.3 Å². The number of nitriles is 1. The minimum Gasteiger partial charge on any atom is -0.493 e. The van der Waals surface area contributed by atoms with Crippen molar-refractivity contribution in [1.29, 1.82) is 5.26 Å². The Morgan fingerprint density at radius 2 is 1.58 bits per heavy atom. The van der Waals surface area contributed by atoms with Crippen LogP contribution >= 0.6 is 58.0 Å². The second-order valence-electron chi connectivity index (χ2n) is 6.35. The van der Waals surface area contributed by atoms with Crippen molar-refractivity contribution in [2.24, 2.45) is 0 Å². The Bertz CT molecular complexity index is 1200. The molecule has 3 aromatic rings. The largest absolute Gasteiger partial charge is 0.493 e. The summed E-state index contributed by atoms with van der Waals surface area (Å²) in [5.74, 6) is 0.763. The Morgan fingerprint density at radius 1 is 0.903 bits per heavy atom. The summed E-state index contributed by atoms with van der Waals surface area (Å²) in [5.41, 5.74) is 2.29. The molecule has 3 nitrogen and oxygen atoms in total. The van der Waals surface area contributed by atoms with Crippen LogP contribution in [0.1, 0.15) is 16.7 Å². The van der Waals surface area contributed by atoms with E-state index in [0.717, 1.165) is 5.56 Å². The summed E-state index contributed by atoms with van der Waals surface area (Å²) >= 11 is 30.8. The fourth-order valence-corrected chi connectivity index (χ4v) is 4.04. The van der Waals surface area contributed by atoms with E-state index in [2.05, 4.69) is 6.07 Å². The predicted octanol–water partition coefficient (Wildman–Crippen LogP) is 8.61. The van der Waals surface area contributed by atoms with Crippen LogP contribution in [-0.2, 0) is 6.61 Å². The smallest absolute Gasteiger partial charge is 0.180 e. The van der Waals surface area contributed by atoms with E-state index in [1.807, 2.05) is 0 Å². The standard InChI is InChI=1S/C23H14Cl5NO2/c1-30-22-8-13(6-15(11-29)18-5-4-17(25)10-20(18)27)7-21(28)23(22)31-12-14-2-3-16(24)9-19(14)26/h2-10H,12H2,1H3/b15-6+. The van der Waals surface area contributed by atoms with Gasteiger partial charge < -0.3 is 9.47 Å². The van der Waals surface area contributed by atoms with Crippen LogP contribution < -0.4 is 9.47 Å². The first-order chi connectivity index (χ1) is 14.8. The maximum Gasteiger partial charge on any atom is 0.180 e. The summed E-state index contributed by atoms with van der Waals surface area (Å²) in [6.45, 7) is 0.172. The summed E-state index contributed by atoms with van der Waals surface area (Å²) in [6.07, 6.45) is 1.66. The Hall–Kier alpha value is -2.06. The topological polar surface area (TPSA) is 42.2 Å². The van der Waals surface area contributed by atoms with Crippen LogP contribution in [0.25, 0.3) is 11.6 Å². The number of halogens is 5. The molecule has 31 heavy (non-hydrogen) atoms. The molecule has 0 radical (unpaired) electrons. The van der Waals surface area contributed by atoms with Gasteiger partial charge in [-0.3, -0.25) is 0 Å². The number of allylic oxidation sites excluding steroid dienone is 1. The molecule has 0 heterocycles. The lowest BCUT2D eigenvalue weighted by Gasteiger charge is -2.14. The summed E-state index contributed by atoms with van der Waals surface area (Å²) < 4.78 is 11.3. The highest BCUT2D eigenvalue weighted by Gasteiger charge is 2.14. The summed E-state index contributed by atoms with van der Waals surface area (Å²) in [6, 6.07) is 15.6. The lowest BCUT2D eigenvalue weighted by molar-refractivity contribution is 0.285. The number of nitrogens with zero attached hydrogens (tertiary/aromatic N) is 1. The third-order valence-corrected chi connectivity index (χ3v) is 5.71. The van der Waals surface area contributed by atoms with Crippen LogP contribution in [0.2, 0.25) is 25.1 Å². The van der Waals surface area contributed by atoms with E-state index in [1.165, 1.54) is 7.11 Å². The Morgan fingerprint density at radius 3 is 2.19 bits per heavy atom. The Balaban J connectivity index is 1.92. The molecule has 0 aliphatic carbocycles. The molecule has 0 N–H and O–H groups in total. The van der Waals surface area contributed by atoms with Crippen molar-refractivity contribution in [3.63, 3.8) is 0 Å². The molecular formula is C23H14Cl5NO2. The SMILES string of the molecule is COc1cc(/C=C(\C#N)c2ccc(Cl)cc2Cl)cc(Cl)c1OCc1ccc(Cl)cc1Cl. The number of methoxy groups -OCH3 is 1. The van der Waals surface area contributed by atoms with Crippen LogP contribution in [0.15, 0.2) is 48.5 Å². The van der Waals surface area contributed by atoms with Gasteiger partial charge in [-0.1, -0.05) is 70.1 Å². The first-order valence-corrected chi connectivity index (χ1v) is 10.7. The van der Waals surface area contributed by atoms with Gasteiger partial charge in [0.2, 0.25) is 0 Å². The molecule has 8 heteroatoms. The number of rotatable bonds is 6. The predicted molar refractivity (Wildman–Crippen MR) is 129 cm³/mol. The highest BCUT2D eigenvalue weighted by Crippen LogP contribution is 2.39. The van der Waals surface area contributed by atoms with Gasteiger partial charge in [0.25, 0.3) is 0 Å². The zero-order chi connectivity index (χ0) is 22.5. The Labute approximate surface area is 205 Å². The Kier molecular flexibility index (Phi) is 8.00. The van der Waals surface area contributed by atoms with Crippen molar-refractivity contribution < 1.29 is 9.47 Å². The van der Waals surface area contributed by atoms with Crippen LogP contribution in [0.5, 0.6) is 11.5 Å². The molecule has 0 fully saturated rings. The molecule has 0 saturated heterocycles. The van der Waals surface area contributed by atoms with Gasteiger partial charge in [-0.25, -0.2) is 0 Å². The van der Waals surface area contributed by atoms with E-state index < -0.39 is 0 Å². The van der Waals surface area contributed by atoms with Gasteiger partial charge in [-0.05, 0) is 48.0 Å². The molecule has 3 rings (SSSR count). The normalized spacial score (nSPS) is 11.2. The van der Waals surface area contributed by atoms with Crippen molar-refractivity contribution in [3.05, 3.63) is 90.3 Å². The molecule has 0 amide bonds. The van der Waals surface area contributed by atoms with Gasteiger partial charge in [0.05, 0.1) is 28.8 Å². The van der Waals surface area contributed by atoms with E-state index in [-0.39, 0.29) is 6.61 Å². The van der Waals surface area contributed by atoms with E-state index in [1.54, 1.807) is 54.6 Å². The monoisotopic (exact) mass is 511 g/mol. The molecule has 0 saturated carbocycles. The van der Waals surface area contributed by atoms with Crippen LogP contribution in [0.4, 0.5) is 0 Å². The van der Waals surface area contributed by atoms with E-state index in [4.69, 9.17) is 67.5 Å². The molecule has 0 aromatic heterocycles. The van der Waals surface area contributed by atoms with Gasteiger partial charge in [0, 0.05) is 26.2 Å². The quantitative estimate of drug-likeness (QED) is 0.245. The molecule has 0 bridgehead atoms. The third kappa shape index (κ3) is 5.80. The number of hydrogen-bond donors (Lipinski definition) is 0. The zero-order valence-electron chi connectivity index (χ0n) is 16.1. The third-order valence-electron chi connectivity index (χ3n) is 4.29. The molecule has 158 valence electrons. The molecule has 3 aromatic carbocycles. The number of benzene rings is 3. The second kappa shape index (κ2) is 10.5. The first-order valence-electron chi connectivity index (χ1n) is 8.84. The van der Waals surface area contributed by atoms with Crippen LogP contribution in [-0.4, -0.2) is 7.11 Å². The highest BCUT2D eigenvalue weighted by molar-refractivity contribution is 6.36. The first kappa shape index (κ1) is 23.6. The number of ether oxygens (including phenoxy) is 2. The van der Waals surface area contributed by atoms with Crippen molar-refractivity contribution in [3.8, 4) is 17.6 Å². The van der Waals surface area contributed by atoms with Gasteiger partial charge in [0.1, 0.15) is 6.61 Å². The summed E-state index contributed by atoms with van der Waals surface area (Å²) in [5, 5.41) is 11.8. The molecular weight excluding hydrogens is 500 g/mol. The van der Waals surface area contributed by atoms with Crippen molar-refractivity contribution in [2.45, 2.75) is 6.61 Å². The lowest BCUT2D eigenvalue weighted by Crippen LogP contribution is -1.99.